The number of anilines is 1. The number of hydrogen-bond donors (Lipinski definition) is 2. The molecule has 2 aromatic carbocycles. The number of amides is 1. The minimum absolute atomic E-state index is 0.0560. The van der Waals surface area contributed by atoms with E-state index in [4.69, 9.17) is 9.47 Å². The molecule has 2 aromatic heterocycles. The van der Waals surface area contributed by atoms with E-state index in [1.54, 1.807) is 30.0 Å². The van der Waals surface area contributed by atoms with Crippen LogP contribution in [0.3, 0.4) is 0 Å². The first-order chi connectivity index (χ1) is 15.9. The molecule has 0 aliphatic rings. The fourth-order valence-corrected chi connectivity index (χ4v) is 4.01. The highest BCUT2D eigenvalue weighted by atomic mass is 32.2. The van der Waals surface area contributed by atoms with Crippen molar-refractivity contribution >= 4 is 34.4 Å². The number of carbonyl (C=O) groups excluding carboxylic acids is 1. The monoisotopic (exact) mass is 465 g/mol. The van der Waals surface area contributed by atoms with E-state index in [0.717, 1.165) is 28.6 Å². The number of nitrogens with one attached hydrogen (secondary N) is 2. The van der Waals surface area contributed by atoms with E-state index in [0.29, 0.717) is 33.4 Å². The minimum Gasteiger partial charge on any atom is -0.493 e. The zero-order valence-corrected chi connectivity index (χ0v) is 19.4. The van der Waals surface area contributed by atoms with E-state index in [-0.39, 0.29) is 17.2 Å². The molecule has 4 aromatic rings. The Morgan fingerprint density at radius 1 is 1.15 bits per heavy atom. The van der Waals surface area contributed by atoms with Gasteiger partial charge in [-0.15, -0.1) is 0 Å². The summed E-state index contributed by atoms with van der Waals surface area (Å²) >= 11 is 1.13. The minimum atomic E-state index is -0.306. The maximum atomic E-state index is 12.6. The van der Waals surface area contributed by atoms with Crippen LogP contribution in [0, 0.1) is 13.8 Å². The Balaban J connectivity index is 1.54. The van der Waals surface area contributed by atoms with Crippen molar-refractivity contribution in [3.63, 3.8) is 0 Å². The molecular formula is C23H23N5O4S. The van der Waals surface area contributed by atoms with Gasteiger partial charge < -0.3 is 19.8 Å². The Bertz CT molecular complexity index is 1400. The Morgan fingerprint density at radius 2 is 1.94 bits per heavy atom. The average Bonchev–Trinajstić information content (AvgIpc) is 3.24. The van der Waals surface area contributed by atoms with Crippen molar-refractivity contribution in [1.82, 2.24) is 19.7 Å². The molecule has 0 aliphatic carbocycles. The first-order valence-electron chi connectivity index (χ1n) is 10.1. The zero-order chi connectivity index (χ0) is 23.5. The number of hydrogen-bond acceptors (Lipinski definition) is 7. The van der Waals surface area contributed by atoms with Gasteiger partial charge in [-0.3, -0.25) is 9.59 Å². The smallest absolute Gasteiger partial charge is 0.262 e. The van der Waals surface area contributed by atoms with E-state index in [1.165, 1.54) is 13.3 Å². The molecule has 2 heterocycles. The molecule has 0 radical (unpaired) electrons. The van der Waals surface area contributed by atoms with Crippen LogP contribution in [-0.4, -0.2) is 45.6 Å². The van der Waals surface area contributed by atoms with Gasteiger partial charge in [0, 0.05) is 11.8 Å². The maximum Gasteiger partial charge on any atom is 0.262 e. The first kappa shape index (κ1) is 22.4. The lowest BCUT2D eigenvalue weighted by molar-refractivity contribution is -0.113. The van der Waals surface area contributed by atoms with Gasteiger partial charge in [-0.25, -0.2) is 9.67 Å². The van der Waals surface area contributed by atoms with Crippen molar-refractivity contribution in [3.05, 3.63) is 64.1 Å². The molecule has 10 heteroatoms. The second-order valence-electron chi connectivity index (χ2n) is 7.29. The molecule has 0 bridgehead atoms. The highest BCUT2D eigenvalue weighted by Gasteiger charge is 2.15. The van der Waals surface area contributed by atoms with Crippen molar-refractivity contribution in [2.45, 2.75) is 19.0 Å². The second-order valence-corrected chi connectivity index (χ2v) is 8.25. The number of fused-ring (bicyclic) bond motifs is 1. The Hall–Kier alpha value is -3.79. The number of thioether (sulfide) groups is 1. The third-order valence-electron chi connectivity index (χ3n) is 5.23. The second kappa shape index (κ2) is 9.37. The maximum absolute atomic E-state index is 12.6. The predicted octanol–water partition coefficient (Wildman–Crippen LogP) is 3.47. The summed E-state index contributed by atoms with van der Waals surface area (Å²) in [6.45, 7) is 4.02. The lowest BCUT2D eigenvalue weighted by Crippen LogP contribution is -2.16. The van der Waals surface area contributed by atoms with Crippen LogP contribution >= 0.6 is 11.8 Å². The van der Waals surface area contributed by atoms with Crippen LogP contribution in [0.15, 0.2) is 52.5 Å². The quantitative estimate of drug-likeness (QED) is 0.318. The van der Waals surface area contributed by atoms with E-state index in [1.807, 2.05) is 32.0 Å². The van der Waals surface area contributed by atoms with Crippen molar-refractivity contribution in [2.75, 3.05) is 25.3 Å². The summed E-state index contributed by atoms with van der Waals surface area (Å²) in [5.74, 6) is 0.887. The number of aryl methyl sites for hydroxylation is 1. The van der Waals surface area contributed by atoms with Gasteiger partial charge in [-0.2, -0.15) is 5.10 Å². The van der Waals surface area contributed by atoms with Crippen LogP contribution in [0.4, 0.5) is 5.69 Å². The Kier molecular flexibility index (Phi) is 6.36. The normalized spacial score (nSPS) is 10.9. The van der Waals surface area contributed by atoms with Gasteiger partial charge in [0.2, 0.25) is 5.91 Å². The number of benzene rings is 2. The molecule has 2 N–H and O–H groups in total. The lowest BCUT2D eigenvalue weighted by atomic mass is 10.1. The van der Waals surface area contributed by atoms with Gasteiger partial charge in [0.25, 0.3) is 5.56 Å². The van der Waals surface area contributed by atoms with Gasteiger partial charge >= 0.3 is 0 Å². The van der Waals surface area contributed by atoms with Gasteiger partial charge in [-0.05, 0) is 43.2 Å². The van der Waals surface area contributed by atoms with E-state index >= 15 is 0 Å². The molecule has 0 atom stereocenters. The fraction of sp³-hybridized carbons (Fsp3) is 0.217. The number of H-pyrrole nitrogens is 1. The lowest BCUT2D eigenvalue weighted by Gasteiger charge is -2.11. The fourth-order valence-electron chi connectivity index (χ4n) is 3.35. The largest absolute Gasteiger partial charge is 0.493 e. The van der Waals surface area contributed by atoms with Crippen molar-refractivity contribution in [3.8, 4) is 17.2 Å². The predicted molar refractivity (Wildman–Crippen MR) is 128 cm³/mol. The van der Waals surface area contributed by atoms with Crippen molar-refractivity contribution in [2.24, 2.45) is 0 Å². The standard InChI is InChI=1S/C23H23N5O4S/c1-13-6-5-7-17(14(13)2)28-21-16(11-24-28)22(30)27-23(26-21)33-12-20(29)25-15-8-9-18(31-3)19(10-15)32-4/h5-11H,12H2,1-4H3,(H,25,29)(H,26,27,30). The summed E-state index contributed by atoms with van der Waals surface area (Å²) in [4.78, 5) is 32.3. The number of methoxy groups -OCH3 is 2. The molecule has 0 spiro atoms. The van der Waals surface area contributed by atoms with Crippen LogP contribution < -0.4 is 20.3 Å². The van der Waals surface area contributed by atoms with E-state index in [9.17, 15) is 9.59 Å². The summed E-state index contributed by atoms with van der Waals surface area (Å²) in [5.41, 5.74) is 3.72. The van der Waals surface area contributed by atoms with Crippen LogP contribution in [0.25, 0.3) is 16.7 Å². The first-order valence-corrected chi connectivity index (χ1v) is 11.1. The summed E-state index contributed by atoms with van der Waals surface area (Å²) in [6, 6.07) is 11.0. The van der Waals surface area contributed by atoms with Gasteiger partial charge in [0.1, 0.15) is 5.39 Å². The zero-order valence-electron chi connectivity index (χ0n) is 18.6. The summed E-state index contributed by atoms with van der Waals surface area (Å²) < 4.78 is 12.1. The molecular weight excluding hydrogens is 442 g/mol. The molecule has 0 fully saturated rings. The Labute approximate surface area is 194 Å². The molecule has 9 nitrogen and oxygen atoms in total. The SMILES string of the molecule is COc1ccc(NC(=O)CSc2nc3c(cnn3-c3cccc(C)c3C)c(=O)[nH]2)cc1OC. The average molecular weight is 466 g/mol. The van der Waals surface area contributed by atoms with E-state index < -0.39 is 0 Å². The van der Waals surface area contributed by atoms with Crippen LogP contribution in [0.1, 0.15) is 11.1 Å². The Morgan fingerprint density at radius 3 is 2.70 bits per heavy atom. The molecule has 4 rings (SSSR count). The topological polar surface area (TPSA) is 111 Å². The number of carbonyl (C=O) groups is 1. The summed E-state index contributed by atoms with van der Waals surface area (Å²) in [6.07, 6.45) is 1.50. The van der Waals surface area contributed by atoms with Crippen LogP contribution in [0.5, 0.6) is 11.5 Å². The van der Waals surface area contributed by atoms with E-state index in [2.05, 4.69) is 20.4 Å². The van der Waals surface area contributed by atoms with Crippen LogP contribution in [-0.2, 0) is 4.79 Å². The molecule has 33 heavy (non-hydrogen) atoms. The van der Waals surface area contributed by atoms with Gasteiger partial charge in [0.15, 0.2) is 22.3 Å². The molecule has 0 unspecified atom stereocenters. The molecule has 0 saturated heterocycles. The highest BCUT2D eigenvalue weighted by molar-refractivity contribution is 7.99. The molecule has 0 saturated carbocycles. The molecule has 0 aliphatic heterocycles. The third kappa shape index (κ3) is 4.56. The van der Waals surface area contributed by atoms with Crippen molar-refractivity contribution < 1.29 is 14.3 Å². The molecule has 1 amide bonds. The number of aromatic nitrogens is 4. The summed E-state index contributed by atoms with van der Waals surface area (Å²) in [5, 5.41) is 7.90. The van der Waals surface area contributed by atoms with Crippen molar-refractivity contribution in [1.29, 1.82) is 0 Å². The summed E-state index contributed by atoms with van der Waals surface area (Å²) in [7, 11) is 3.07. The molecule has 170 valence electrons. The van der Waals surface area contributed by atoms with Gasteiger partial charge in [-0.1, -0.05) is 23.9 Å². The number of aromatic amines is 1. The highest BCUT2D eigenvalue weighted by Crippen LogP contribution is 2.30. The number of rotatable bonds is 7. The third-order valence-corrected chi connectivity index (χ3v) is 6.10. The number of nitrogens with zero attached hydrogens (tertiary/aromatic N) is 3. The number of ether oxygens (including phenoxy) is 2. The van der Waals surface area contributed by atoms with Gasteiger partial charge in [0.05, 0.1) is 31.9 Å². The van der Waals surface area contributed by atoms with Crippen LogP contribution in [0.2, 0.25) is 0 Å².